The van der Waals surface area contributed by atoms with E-state index in [1.165, 1.54) is 5.56 Å². The van der Waals surface area contributed by atoms with Crippen molar-refractivity contribution in [2.75, 3.05) is 18.8 Å². The number of hydrogen-bond donors (Lipinski definition) is 1. The quantitative estimate of drug-likeness (QED) is 0.632. The maximum absolute atomic E-state index is 12.8. The van der Waals surface area contributed by atoms with Gasteiger partial charge < -0.3 is 5.32 Å². The third kappa shape index (κ3) is 6.65. The molecule has 1 heterocycles. The Morgan fingerprint density at radius 3 is 2.32 bits per heavy atom. The molecule has 0 bridgehead atoms. The van der Waals surface area contributed by atoms with Crippen LogP contribution in [0, 0.1) is 12.8 Å². The van der Waals surface area contributed by atoms with E-state index in [1.807, 2.05) is 37.3 Å². The molecule has 0 spiro atoms. The molecule has 1 aliphatic heterocycles. The van der Waals surface area contributed by atoms with Crippen molar-refractivity contribution in [3.63, 3.8) is 0 Å². The average molecular weight is 443 g/mol. The van der Waals surface area contributed by atoms with Gasteiger partial charge in [-0.3, -0.25) is 4.79 Å². The van der Waals surface area contributed by atoms with Crippen molar-refractivity contribution < 1.29 is 13.2 Å². The Hall–Kier alpha value is -2.18. The smallest absolute Gasteiger partial charge is 0.223 e. The number of rotatable bonds is 9. The van der Waals surface area contributed by atoms with Crippen LogP contribution in [0.2, 0.25) is 0 Å². The molecule has 1 fully saturated rings. The summed E-state index contributed by atoms with van der Waals surface area (Å²) in [5, 5.41) is 3.17. The van der Waals surface area contributed by atoms with Crippen LogP contribution in [0.4, 0.5) is 0 Å². The zero-order valence-corrected chi connectivity index (χ0v) is 19.4. The third-order valence-electron chi connectivity index (χ3n) is 6.13. The third-order valence-corrected chi connectivity index (χ3v) is 8.09. The number of amides is 1. The number of nitrogens with one attached hydrogen (secondary N) is 1. The zero-order chi connectivity index (χ0) is 22.3. The lowest BCUT2D eigenvalue weighted by Gasteiger charge is -2.31. The number of carbonyl (C=O) groups excluding carboxylic acids is 1. The summed E-state index contributed by atoms with van der Waals surface area (Å²) >= 11 is 0. The lowest BCUT2D eigenvalue weighted by Crippen LogP contribution is -2.44. The van der Waals surface area contributed by atoms with E-state index in [0.29, 0.717) is 32.4 Å². The van der Waals surface area contributed by atoms with Crippen molar-refractivity contribution in [2.24, 2.45) is 5.92 Å². The lowest BCUT2D eigenvalue weighted by molar-refractivity contribution is -0.126. The van der Waals surface area contributed by atoms with Crippen LogP contribution in [0.15, 0.2) is 54.6 Å². The Kier molecular flexibility index (Phi) is 8.27. The van der Waals surface area contributed by atoms with Crippen molar-refractivity contribution >= 4 is 15.9 Å². The number of hydrogen-bond acceptors (Lipinski definition) is 3. The molecular formula is C25H34N2O3S. The summed E-state index contributed by atoms with van der Waals surface area (Å²) in [7, 11) is -3.28. The minimum Gasteiger partial charge on any atom is -0.349 e. The van der Waals surface area contributed by atoms with Gasteiger partial charge >= 0.3 is 0 Å². The van der Waals surface area contributed by atoms with Crippen LogP contribution in [-0.2, 0) is 21.2 Å². The number of carbonyl (C=O) groups is 1. The maximum atomic E-state index is 12.8. The van der Waals surface area contributed by atoms with E-state index in [-0.39, 0.29) is 23.6 Å². The van der Waals surface area contributed by atoms with E-state index in [0.717, 1.165) is 24.0 Å². The van der Waals surface area contributed by atoms with Crippen molar-refractivity contribution in [2.45, 2.75) is 52.0 Å². The molecule has 0 aromatic heterocycles. The molecule has 0 unspecified atom stereocenters. The fourth-order valence-corrected chi connectivity index (χ4v) is 5.67. The summed E-state index contributed by atoms with van der Waals surface area (Å²) < 4.78 is 27.0. The standard InChI is InChI=1S/C25H34N2O3S/c1-3-24(22-13-11-20(2)12-14-22)26-25(28)23-15-17-27(18-16-23)31(29,30)19-7-10-21-8-5-4-6-9-21/h4-6,8-9,11-14,23-24H,3,7,10,15-19H2,1-2H3,(H,26,28)/t24-/m1/s1. The Balaban J connectivity index is 1.47. The minimum absolute atomic E-state index is 0.00662. The second-order valence-corrected chi connectivity index (χ2v) is 10.5. The highest BCUT2D eigenvalue weighted by molar-refractivity contribution is 7.89. The van der Waals surface area contributed by atoms with Crippen LogP contribution >= 0.6 is 0 Å². The van der Waals surface area contributed by atoms with E-state index in [9.17, 15) is 13.2 Å². The molecule has 1 atom stereocenters. The van der Waals surface area contributed by atoms with Gasteiger partial charge in [-0.05, 0) is 50.2 Å². The number of benzene rings is 2. The summed E-state index contributed by atoms with van der Waals surface area (Å²) in [6, 6.07) is 18.2. The van der Waals surface area contributed by atoms with E-state index >= 15 is 0 Å². The molecule has 5 nitrogen and oxygen atoms in total. The first kappa shape index (κ1) is 23.5. The van der Waals surface area contributed by atoms with Gasteiger partial charge in [-0.25, -0.2) is 12.7 Å². The van der Waals surface area contributed by atoms with Gasteiger partial charge in [-0.2, -0.15) is 0 Å². The van der Waals surface area contributed by atoms with E-state index in [1.54, 1.807) is 4.31 Å². The Morgan fingerprint density at radius 1 is 1.06 bits per heavy atom. The number of piperidine rings is 1. The summed E-state index contributed by atoms with van der Waals surface area (Å²) in [6.45, 7) is 4.96. The fraction of sp³-hybridized carbons (Fsp3) is 0.480. The Bertz CT molecular complexity index is 934. The molecule has 0 saturated carbocycles. The monoisotopic (exact) mass is 442 g/mol. The van der Waals surface area contributed by atoms with Crippen LogP contribution in [0.3, 0.4) is 0 Å². The Labute approximate surface area is 186 Å². The minimum atomic E-state index is -3.28. The molecule has 1 amide bonds. The number of nitrogens with zero attached hydrogens (tertiary/aromatic N) is 1. The first-order valence-electron chi connectivity index (χ1n) is 11.3. The largest absolute Gasteiger partial charge is 0.349 e. The SMILES string of the molecule is CC[C@@H](NC(=O)C1CCN(S(=O)(=O)CCCc2ccccc2)CC1)c1ccc(C)cc1. The van der Waals surface area contributed by atoms with Gasteiger partial charge in [0.05, 0.1) is 11.8 Å². The van der Waals surface area contributed by atoms with Gasteiger partial charge in [-0.1, -0.05) is 67.1 Å². The highest BCUT2D eigenvalue weighted by Gasteiger charge is 2.31. The number of sulfonamides is 1. The zero-order valence-electron chi connectivity index (χ0n) is 18.6. The van der Waals surface area contributed by atoms with E-state index < -0.39 is 10.0 Å². The first-order chi connectivity index (χ1) is 14.9. The average Bonchev–Trinajstić information content (AvgIpc) is 2.78. The van der Waals surface area contributed by atoms with Crippen molar-refractivity contribution in [3.8, 4) is 0 Å². The molecule has 0 radical (unpaired) electrons. The first-order valence-corrected chi connectivity index (χ1v) is 12.9. The van der Waals surface area contributed by atoms with E-state index in [4.69, 9.17) is 0 Å². The van der Waals surface area contributed by atoms with Crippen LogP contribution < -0.4 is 5.32 Å². The summed E-state index contributed by atoms with van der Waals surface area (Å²) in [4.78, 5) is 12.8. The molecule has 6 heteroatoms. The molecule has 168 valence electrons. The predicted molar refractivity (Wildman–Crippen MR) is 125 cm³/mol. The topological polar surface area (TPSA) is 66.5 Å². The second-order valence-electron chi connectivity index (χ2n) is 8.46. The summed E-state index contributed by atoms with van der Waals surface area (Å²) in [6.07, 6.45) is 3.35. The molecule has 1 saturated heterocycles. The summed E-state index contributed by atoms with van der Waals surface area (Å²) in [5.41, 5.74) is 3.47. The van der Waals surface area contributed by atoms with Crippen molar-refractivity contribution in [1.29, 1.82) is 0 Å². The van der Waals surface area contributed by atoms with Crippen LogP contribution in [-0.4, -0.2) is 37.5 Å². The van der Waals surface area contributed by atoms with Gasteiger partial charge in [0.2, 0.25) is 15.9 Å². The van der Waals surface area contributed by atoms with Crippen molar-refractivity contribution in [3.05, 3.63) is 71.3 Å². The van der Waals surface area contributed by atoms with Gasteiger partial charge in [0, 0.05) is 19.0 Å². The maximum Gasteiger partial charge on any atom is 0.223 e. The van der Waals surface area contributed by atoms with Gasteiger partial charge in [-0.15, -0.1) is 0 Å². The van der Waals surface area contributed by atoms with Gasteiger partial charge in [0.15, 0.2) is 0 Å². The molecule has 2 aromatic rings. The molecular weight excluding hydrogens is 408 g/mol. The number of aryl methyl sites for hydroxylation is 2. The Morgan fingerprint density at radius 2 is 1.71 bits per heavy atom. The molecule has 1 aliphatic rings. The van der Waals surface area contributed by atoms with Crippen LogP contribution in [0.25, 0.3) is 0 Å². The molecule has 1 N–H and O–H groups in total. The summed E-state index contributed by atoms with van der Waals surface area (Å²) in [5.74, 6) is 0.0631. The van der Waals surface area contributed by atoms with Gasteiger partial charge in [0.1, 0.15) is 0 Å². The van der Waals surface area contributed by atoms with Crippen LogP contribution in [0.1, 0.15) is 55.3 Å². The molecule has 2 aromatic carbocycles. The van der Waals surface area contributed by atoms with Crippen LogP contribution in [0.5, 0.6) is 0 Å². The molecule has 0 aliphatic carbocycles. The highest BCUT2D eigenvalue weighted by Crippen LogP contribution is 2.23. The van der Waals surface area contributed by atoms with Gasteiger partial charge in [0.25, 0.3) is 0 Å². The van der Waals surface area contributed by atoms with E-state index in [2.05, 4.69) is 36.5 Å². The molecule has 31 heavy (non-hydrogen) atoms. The normalized spacial score (nSPS) is 16.7. The van der Waals surface area contributed by atoms with Crippen molar-refractivity contribution in [1.82, 2.24) is 9.62 Å². The predicted octanol–water partition coefficient (Wildman–Crippen LogP) is 4.24. The molecule has 3 rings (SSSR count). The fourth-order valence-electron chi connectivity index (χ4n) is 4.14. The lowest BCUT2D eigenvalue weighted by atomic mass is 9.95. The second kappa shape index (κ2) is 10.9. The highest BCUT2D eigenvalue weighted by atomic mass is 32.2.